The first-order valence-corrected chi connectivity index (χ1v) is 7.92. The molecule has 1 saturated heterocycles. The zero-order chi connectivity index (χ0) is 13.1. The fraction of sp³-hybridized carbons (Fsp3) is 0.500. The normalized spacial score (nSPS) is 19.7. The van der Waals surface area contributed by atoms with Crippen molar-refractivity contribution in [1.29, 1.82) is 0 Å². The minimum atomic E-state index is 0.421. The lowest BCUT2D eigenvalue weighted by Crippen LogP contribution is -2.21. The molecule has 5 heteroatoms. The molecule has 0 saturated carbocycles. The molecule has 1 fully saturated rings. The summed E-state index contributed by atoms with van der Waals surface area (Å²) in [6.45, 7) is 1.84. The van der Waals surface area contributed by atoms with Crippen molar-refractivity contribution in [2.24, 2.45) is 0 Å². The van der Waals surface area contributed by atoms with Crippen molar-refractivity contribution in [3.63, 3.8) is 0 Å². The first-order chi connectivity index (χ1) is 9.31. The van der Waals surface area contributed by atoms with Crippen LogP contribution in [0.1, 0.15) is 25.7 Å². The van der Waals surface area contributed by atoms with Crippen LogP contribution in [0.3, 0.4) is 0 Å². The fourth-order valence-corrected chi connectivity index (χ4v) is 3.39. The van der Waals surface area contributed by atoms with E-state index in [4.69, 9.17) is 16.3 Å². The molecule has 1 aromatic heterocycles. The smallest absolute Gasteiger partial charge is 0.183 e. The van der Waals surface area contributed by atoms with Gasteiger partial charge in [0.2, 0.25) is 0 Å². The van der Waals surface area contributed by atoms with Gasteiger partial charge >= 0.3 is 0 Å². The number of nitrogens with zero attached hydrogens (tertiary/aromatic N) is 1. The van der Waals surface area contributed by atoms with Crippen LogP contribution >= 0.6 is 22.9 Å². The van der Waals surface area contributed by atoms with Crippen molar-refractivity contribution in [1.82, 2.24) is 4.98 Å². The van der Waals surface area contributed by atoms with Crippen LogP contribution in [0.25, 0.3) is 10.2 Å². The van der Waals surface area contributed by atoms with Gasteiger partial charge in [0.1, 0.15) is 0 Å². The van der Waals surface area contributed by atoms with E-state index in [0.717, 1.165) is 35.2 Å². The summed E-state index contributed by atoms with van der Waals surface area (Å²) in [5.41, 5.74) is 0.967. The molecule has 2 aromatic rings. The Balaban J connectivity index is 1.56. The Kier molecular flexibility index (Phi) is 4.21. The highest BCUT2D eigenvalue weighted by atomic mass is 35.5. The van der Waals surface area contributed by atoms with Gasteiger partial charge in [-0.3, -0.25) is 0 Å². The standard InChI is InChI=1S/C14H17ClN2OS/c15-10-4-5-13-12(9-10)17-14(19-13)16-7-6-11-3-1-2-8-18-11/h4-5,9,11H,1-3,6-8H2,(H,16,17). The SMILES string of the molecule is Clc1ccc2sc(NCCC3CCCCO3)nc2c1. The summed E-state index contributed by atoms with van der Waals surface area (Å²) >= 11 is 7.63. The summed E-state index contributed by atoms with van der Waals surface area (Å²) < 4.78 is 6.88. The maximum Gasteiger partial charge on any atom is 0.183 e. The van der Waals surface area contributed by atoms with Crippen molar-refractivity contribution in [2.75, 3.05) is 18.5 Å². The molecule has 0 bridgehead atoms. The Morgan fingerprint density at radius 3 is 3.21 bits per heavy atom. The van der Waals surface area contributed by atoms with E-state index in [1.807, 2.05) is 18.2 Å². The van der Waals surface area contributed by atoms with Gasteiger partial charge < -0.3 is 10.1 Å². The van der Waals surface area contributed by atoms with Crippen LogP contribution in [0.5, 0.6) is 0 Å². The van der Waals surface area contributed by atoms with Crippen LogP contribution in [0.15, 0.2) is 18.2 Å². The molecule has 0 aliphatic carbocycles. The van der Waals surface area contributed by atoms with Gasteiger partial charge in [0, 0.05) is 18.2 Å². The first kappa shape index (κ1) is 13.2. The molecule has 0 spiro atoms. The number of hydrogen-bond acceptors (Lipinski definition) is 4. The molecule has 102 valence electrons. The summed E-state index contributed by atoms with van der Waals surface area (Å²) in [7, 11) is 0. The lowest BCUT2D eigenvalue weighted by Gasteiger charge is -2.22. The molecule has 0 amide bonds. The summed E-state index contributed by atoms with van der Waals surface area (Å²) in [5.74, 6) is 0. The number of rotatable bonds is 4. The molecular weight excluding hydrogens is 280 g/mol. The number of halogens is 1. The van der Waals surface area contributed by atoms with E-state index in [1.165, 1.54) is 24.0 Å². The molecule has 1 aliphatic rings. The second-order valence-electron chi connectivity index (χ2n) is 4.84. The van der Waals surface area contributed by atoms with Gasteiger partial charge in [0.15, 0.2) is 5.13 Å². The van der Waals surface area contributed by atoms with E-state index in [2.05, 4.69) is 10.3 Å². The van der Waals surface area contributed by atoms with Crippen LogP contribution in [-0.4, -0.2) is 24.2 Å². The highest BCUT2D eigenvalue weighted by Gasteiger charge is 2.13. The fourth-order valence-electron chi connectivity index (χ4n) is 2.35. The minimum absolute atomic E-state index is 0.421. The van der Waals surface area contributed by atoms with Gasteiger partial charge in [0.25, 0.3) is 0 Å². The van der Waals surface area contributed by atoms with Crippen LogP contribution in [0.2, 0.25) is 5.02 Å². The van der Waals surface area contributed by atoms with Gasteiger partial charge in [0.05, 0.1) is 16.3 Å². The Labute approximate surface area is 121 Å². The third kappa shape index (κ3) is 3.38. The molecule has 1 atom stereocenters. The molecule has 1 aromatic carbocycles. The van der Waals surface area contributed by atoms with Crippen molar-refractivity contribution < 1.29 is 4.74 Å². The summed E-state index contributed by atoms with van der Waals surface area (Å²) in [6, 6.07) is 5.83. The molecule has 1 unspecified atom stereocenters. The Hall–Kier alpha value is -0.840. The van der Waals surface area contributed by atoms with E-state index in [-0.39, 0.29) is 0 Å². The van der Waals surface area contributed by atoms with E-state index in [0.29, 0.717) is 6.10 Å². The maximum absolute atomic E-state index is 5.96. The van der Waals surface area contributed by atoms with Gasteiger partial charge in [-0.25, -0.2) is 4.98 Å². The van der Waals surface area contributed by atoms with Gasteiger partial charge in [-0.1, -0.05) is 22.9 Å². The van der Waals surface area contributed by atoms with Crippen molar-refractivity contribution >= 4 is 38.3 Å². The second kappa shape index (κ2) is 6.07. The first-order valence-electron chi connectivity index (χ1n) is 6.73. The molecule has 1 aliphatic heterocycles. The summed E-state index contributed by atoms with van der Waals surface area (Å²) in [6.07, 6.45) is 5.17. The summed E-state index contributed by atoms with van der Waals surface area (Å²) in [4.78, 5) is 4.54. The van der Waals surface area contributed by atoms with Crippen LogP contribution in [-0.2, 0) is 4.74 Å². The summed E-state index contributed by atoms with van der Waals surface area (Å²) in [5, 5.41) is 5.09. The monoisotopic (exact) mass is 296 g/mol. The number of fused-ring (bicyclic) bond motifs is 1. The quantitative estimate of drug-likeness (QED) is 0.912. The number of anilines is 1. The van der Waals surface area contributed by atoms with Gasteiger partial charge in [-0.2, -0.15) is 0 Å². The van der Waals surface area contributed by atoms with Crippen molar-refractivity contribution in [2.45, 2.75) is 31.8 Å². The Bertz CT molecular complexity index is 551. The number of thiazole rings is 1. The van der Waals surface area contributed by atoms with Crippen LogP contribution < -0.4 is 5.32 Å². The van der Waals surface area contributed by atoms with Gasteiger partial charge in [-0.15, -0.1) is 0 Å². The third-order valence-corrected chi connectivity index (χ3v) is 4.60. The van der Waals surface area contributed by atoms with Crippen molar-refractivity contribution in [3.05, 3.63) is 23.2 Å². The topological polar surface area (TPSA) is 34.1 Å². The molecule has 2 heterocycles. The highest BCUT2D eigenvalue weighted by molar-refractivity contribution is 7.22. The lowest BCUT2D eigenvalue weighted by atomic mass is 10.1. The highest BCUT2D eigenvalue weighted by Crippen LogP contribution is 2.28. The predicted molar refractivity (Wildman–Crippen MR) is 81.3 cm³/mol. The predicted octanol–water partition coefficient (Wildman–Crippen LogP) is 4.32. The average molecular weight is 297 g/mol. The number of hydrogen-bond donors (Lipinski definition) is 1. The van der Waals surface area contributed by atoms with E-state index >= 15 is 0 Å². The lowest BCUT2D eigenvalue weighted by molar-refractivity contribution is 0.0134. The zero-order valence-electron chi connectivity index (χ0n) is 10.7. The molecule has 0 radical (unpaired) electrons. The molecular formula is C14H17ClN2OS. The van der Waals surface area contributed by atoms with Crippen LogP contribution in [0, 0.1) is 0 Å². The van der Waals surface area contributed by atoms with E-state index in [9.17, 15) is 0 Å². The van der Waals surface area contributed by atoms with Gasteiger partial charge in [-0.05, 0) is 43.9 Å². The molecule has 1 N–H and O–H groups in total. The van der Waals surface area contributed by atoms with E-state index in [1.54, 1.807) is 11.3 Å². The number of nitrogens with one attached hydrogen (secondary N) is 1. The Morgan fingerprint density at radius 2 is 2.37 bits per heavy atom. The maximum atomic E-state index is 5.96. The van der Waals surface area contributed by atoms with E-state index < -0.39 is 0 Å². The number of benzene rings is 1. The largest absolute Gasteiger partial charge is 0.378 e. The Morgan fingerprint density at radius 1 is 1.42 bits per heavy atom. The average Bonchev–Trinajstić information content (AvgIpc) is 2.82. The molecule has 3 rings (SSSR count). The number of aromatic nitrogens is 1. The molecule has 3 nitrogen and oxygen atoms in total. The molecule has 19 heavy (non-hydrogen) atoms. The van der Waals surface area contributed by atoms with Crippen molar-refractivity contribution in [3.8, 4) is 0 Å². The third-order valence-electron chi connectivity index (χ3n) is 3.37. The minimum Gasteiger partial charge on any atom is -0.378 e. The second-order valence-corrected chi connectivity index (χ2v) is 6.30. The zero-order valence-corrected chi connectivity index (χ0v) is 12.3. The number of ether oxygens (including phenoxy) is 1. The van der Waals surface area contributed by atoms with Crippen LogP contribution in [0.4, 0.5) is 5.13 Å².